The summed E-state index contributed by atoms with van der Waals surface area (Å²) in [7, 11) is 0. The van der Waals surface area contributed by atoms with E-state index in [4.69, 9.17) is 21.6 Å². The van der Waals surface area contributed by atoms with Crippen molar-refractivity contribution in [2.75, 3.05) is 6.61 Å². The molecule has 0 saturated heterocycles. The molecule has 1 rings (SSSR count). The van der Waals surface area contributed by atoms with Gasteiger partial charge >= 0.3 is 5.97 Å². The Morgan fingerprint density at radius 2 is 2.40 bits per heavy atom. The number of carbonyl (C=O) groups excluding carboxylic acids is 1. The van der Waals surface area contributed by atoms with E-state index in [2.05, 4.69) is 4.98 Å². The average Bonchev–Trinajstić information content (AvgIpc) is 2.21. The van der Waals surface area contributed by atoms with Gasteiger partial charge in [-0.25, -0.2) is 0 Å². The summed E-state index contributed by atoms with van der Waals surface area (Å²) in [6.45, 7) is 2.03. The first-order valence-electron chi connectivity index (χ1n) is 4.37. The monoisotopic (exact) mass is 224 g/mol. The number of halogens is 1. The van der Waals surface area contributed by atoms with E-state index in [1.165, 1.54) is 12.4 Å². The van der Waals surface area contributed by atoms with Gasteiger partial charge in [0, 0.05) is 18.0 Å². The summed E-state index contributed by atoms with van der Waals surface area (Å²) in [5.74, 6) is -0.401. The normalized spacial score (nSPS) is 9.40. The smallest absolute Gasteiger partial charge is 0.310 e. The highest BCUT2D eigenvalue weighted by Gasteiger charge is 2.12. The lowest BCUT2D eigenvalue weighted by Crippen LogP contribution is -2.09. The number of nitriles is 1. The van der Waals surface area contributed by atoms with E-state index in [1.807, 2.05) is 6.07 Å². The number of pyridine rings is 1. The number of esters is 1. The fourth-order valence-electron chi connectivity index (χ4n) is 1.09. The summed E-state index contributed by atoms with van der Waals surface area (Å²) < 4.78 is 4.77. The quantitative estimate of drug-likeness (QED) is 0.734. The number of hydrogen-bond donors (Lipinski definition) is 0. The van der Waals surface area contributed by atoms with Crippen molar-refractivity contribution in [1.82, 2.24) is 4.98 Å². The number of nitrogens with zero attached hydrogens (tertiary/aromatic N) is 2. The lowest BCUT2D eigenvalue weighted by Gasteiger charge is -2.05. The van der Waals surface area contributed by atoms with E-state index in [-0.39, 0.29) is 6.42 Å². The van der Waals surface area contributed by atoms with Gasteiger partial charge in [-0.2, -0.15) is 5.26 Å². The van der Waals surface area contributed by atoms with Crippen LogP contribution in [0, 0.1) is 11.3 Å². The predicted molar refractivity (Wildman–Crippen MR) is 54.3 cm³/mol. The predicted octanol–water partition coefficient (Wildman–Crippen LogP) is 1.71. The van der Waals surface area contributed by atoms with Gasteiger partial charge in [-0.05, 0) is 6.92 Å². The molecule has 0 aliphatic heterocycles. The molecule has 0 fully saturated rings. The van der Waals surface area contributed by atoms with Crippen LogP contribution in [0.2, 0.25) is 5.02 Å². The molecular formula is C10H9ClN2O2. The average molecular weight is 225 g/mol. The SMILES string of the molecule is CCOC(=O)Cc1c(Cl)cncc1C#N. The Labute approximate surface area is 92.4 Å². The van der Waals surface area contributed by atoms with Gasteiger partial charge in [-0.1, -0.05) is 11.6 Å². The molecule has 4 nitrogen and oxygen atoms in total. The minimum absolute atomic E-state index is 0.00190. The van der Waals surface area contributed by atoms with Gasteiger partial charge in [-0.3, -0.25) is 9.78 Å². The lowest BCUT2D eigenvalue weighted by atomic mass is 10.1. The Hall–Kier alpha value is -1.60. The van der Waals surface area contributed by atoms with Gasteiger partial charge in [-0.15, -0.1) is 0 Å². The Kier molecular flexibility index (Phi) is 4.07. The van der Waals surface area contributed by atoms with Crippen LogP contribution in [-0.2, 0) is 16.0 Å². The Balaban J connectivity index is 2.94. The maximum absolute atomic E-state index is 11.2. The lowest BCUT2D eigenvalue weighted by molar-refractivity contribution is -0.142. The summed E-state index contributed by atoms with van der Waals surface area (Å²) in [4.78, 5) is 15.0. The molecule has 0 amide bonds. The molecule has 0 N–H and O–H groups in total. The zero-order valence-electron chi connectivity index (χ0n) is 8.16. The molecule has 0 saturated carbocycles. The van der Waals surface area contributed by atoms with Crippen molar-refractivity contribution < 1.29 is 9.53 Å². The summed E-state index contributed by atoms with van der Waals surface area (Å²) in [6, 6.07) is 1.93. The molecule has 1 aromatic rings. The first-order chi connectivity index (χ1) is 7.19. The first-order valence-corrected chi connectivity index (χ1v) is 4.75. The van der Waals surface area contributed by atoms with Crippen molar-refractivity contribution in [2.24, 2.45) is 0 Å². The third kappa shape index (κ3) is 2.93. The molecule has 78 valence electrons. The summed E-state index contributed by atoms with van der Waals surface area (Å²) >= 11 is 5.83. The number of carbonyl (C=O) groups is 1. The van der Waals surface area contributed by atoms with Crippen molar-refractivity contribution >= 4 is 17.6 Å². The van der Waals surface area contributed by atoms with Crippen molar-refractivity contribution in [1.29, 1.82) is 5.26 Å². The summed E-state index contributed by atoms with van der Waals surface area (Å²) in [5.41, 5.74) is 0.767. The topological polar surface area (TPSA) is 63.0 Å². The van der Waals surface area contributed by atoms with Crippen LogP contribution >= 0.6 is 11.6 Å². The Morgan fingerprint density at radius 1 is 1.67 bits per heavy atom. The molecule has 0 aliphatic rings. The third-order valence-corrected chi connectivity index (χ3v) is 2.08. The Morgan fingerprint density at radius 3 is 3.00 bits per heavy atom. The number of rotatable bonds is 3. The van der Waals surface area contributed by atoms with E-state index in [1.54, 1.807) is 6.92 Å². The molecule has 0 atom stereocenters. The van der Waals surface area contributed by atoms with Crippen molar-refractivity contribution in [3.63, 3.8) is 0 Å². The highest BCUT2D eigenvalue weighted by molar-refractivity contribution is 6.31. The molecule has 1 aromatic heterocycles. The molecular weight excluding hydrogens is 216 g/mol. The van der Waals surface area contributed by atoms with E-state index in [9.17, 15) is 4.79 Å². The highest BCUT2D eigenvalue weighted by Crippen LogP contribution is 2.18. The van der Waals surface area contributed by atoms with Crippen molar-refractivity contribution in [3.8, 4) is 6.07 Å². The van der Waals surface area contributed by atoms with E-state index in [0.29, 0.717) is 22.8 Å². The molecule has 1 heterocycles. The fourth-order valence-corrected chi connectivity index (χ4v) is 1.32. The first kappa shape index (κ1) is 11.5. The van der Waals surface area contributed by atoms with Gasteiger partial charge in [0.15, 0.2) is 0 Å². The maximum Gasteiger partial charge on any atom is 0.310 e. The van der Waals surface area contributed by atoms with Crippen LogP contribution in [0.4, 0.5) is 0 Å². The standard InChI is InChI=1S/C10H9ClN2O2/c1-2-15-10(14)3-8-7(4-12)5-13-6-9(8)11/h5-6H,2-3H2,1H3. The van der Waals surface area contributed by atoms with Crippen LogP contribution in [0.5, 0.6) is 0 Å². The fraction of sp³-hybridized carbons (Fsp3) is 0.300. The van der Waals surface area contributed by atoms with Crippen LogP contribution in [0.1, 0.15) is 18.1 Å². The van der Waals surface area contributed by atoms with Crippen molar-refractivity contribution in [2.45, 2.75) is 13.3 Å². The molecule has 0 bridgehead atoms. The minimum Gasteiger partial charge on any atom is -0.466 e. The second-order valence-electron chi connectivity index (χ2n) is 2.74. The van der Waals surface area contributed by atoms with E-state index in [0.717, 1.165) is 0 Å². The van der Waals surface area contributed by atoms with Gasteiger partial charge in [0.05, 0.1) is 23.6 Å². The third-order valence-electron chi connectivity index (χ3n) is 1.75. The van der Waals surface area contributed by atoms with Crippen LogP contribution in [0.3, 0.4) is 0 Å². The second kappa shape index (κ2) is 5.32. The van der Waals surface area contributed by atoms with E-state index >= 15 is 0 Å². The molecule has 5 heteroatoms. The van der Waals surface area contributed by atoms with Crippen molar-refractivity contribution in [3.05, 3.63) is 28.5 Å². The van der Waals surface area contributed by atoms with Crippen LogP contribution in [-0.4, -0.2) is 17.6 Å². The maximum atomic E-state index is 11.2. The van der Waals surface area contributed by atoms with Gasteiger partial charge in [0.25, 0.3) is 0 Å². The Bertz CT molecular complexity index is 412. The molecule has 0 radical (unpaired) electrons. The zero-order chi connectivity index (χ0) is 11.3. The summed E-state index contributed by atoms with van der Waals surface area (Å²) in [5, 5.41) is 9.09. The largest absolute Gasteiger partial charge is 0.466 e. The van der Waals surface area contributed by atoms with Crippen LogP contribution < -0.4 is 0 Å². The number of hydrogen-bond acceptors (Lipinski definition) is 4. The van der Waals surface area contributed by atoms with E-state index < -0.39 is 5.97 Å². The number of ether oxygens (including phenoxy) is 1. The molecule has 0 unspecified atom stereocenters. The number of aromatic nitrogens is 1. The van der Waals surface area contributed by atoms with Crippen LogP contribution in [0.15, 0.2) is 12.4 Å². The highest BCUT2D eigenvalue weighted by atomic mass is 35.5. The molecule has 15 heavy (non-hydrogen) atoms. The van der Waals surface area contributed by atoms with Gasteiger partial charge < -0.3 is 4.74 Å². The van der Waals surface area contributed by atoms with Gasteiger partial charge in [0.2, 0.25) is 0 Å². The molecule has 0 spiro atoms. The van der Waals surface area contributed by atoms with Crippen LogP contribution in [0.25, 0.3) is 0 Å². The summed E-state index contributed by atoms with van der Waals surface area (Å²) in [6.07, 6.45) is 2.77. The molecule has 0 aromatic carbocycles. The zero-order valence-corrected chi connectivity index (χ0v) is 8.91. The van der Waals surface area contributed by atoms with Gasteiger partial charge in [0.1, 0.15) is 6.07 Å². The minimum atomic E-state index is -0.401. The molecule has 0 aliphatic carbocycles. The second-order valence-corrected chi connectivity index (χ2v) is 3.15.